The Morgan fingerprint density at radius 1 is 1.08 bits per heavy atom. The first-order chi connectivity index (χ1) is 11.4. The number of rotatable bonds is 6. The molecular weight excluding hydrogens is 330 g/mol. The highest BCUT2D eigenvalue weighted by molar-refractivity contribution is 8.00. The fourth-order valence-corrected chi connectivity index (χ4v) is 2.65. The van der Waals surface area contributed by atoms with Gasteiger partial charge in [-0.1, -0.05) is 11.8 Å². The van der Waals surface area contributed by atoms with Crippen LogP contribution >= 0.6 is 11.8 Å². The fourth-order valence-electron chi connectivity index (χ4n) is 1.85. The van der Waals surface area contributed by atoms with Crippen LogP contribution < -0.4 is 26.3 Å². The van der Waals surface area contributed by atoms with E-state index in [4.69, 9.17) is 20.9 Å². The van der Waals surface area contributed by atoms with Gasteiger partial charge in [0.15, 0.2) is 5.16 Å². The molecule has 24 heavy (non-hydrogen) atoms. The van der Waals surface area contributed by atoms with Gasteiger partial charge in [-0.25, -0.2) is 9.97 Å². The molecule has 1 aromatic carbocycles. The van der Waals surface area contributed by atoms with Crippen molar-refractivity contribution in [1.82, 2.24) is 9.97 Å². The second-order valence-corrected chi connectivity index (χ2v) is 6.16. The molecule has 1 amide bonds. The monoisotopic (exact) mass is 349 g/mol. The molecule has 1 aromatic heterocycles. The molecule has 9 heteroatoms. The lowest BCUT2D eigenvalue weighted by Crippen LogP contribution is -2.22. The number of methoxy groups -OCH3 is 2. The van der Waals surface area contributed by atoms with Crippen molar-refractivity contribution < 1.29 is 14.3 Å². The molecule has 0 unspecified atom stereocenters. The highest BCUT2D eigenvalue weighted by Gasteiger charge is 2.17. The highest BCUT2D eigenvalue weighted by atomic mass is 32.2. The second-order valence-electron chi connectivity index (χ2n) is 4.85. The van der Waals surface area contributed by atoms with E-state index in [0.29, 0.717) is 22.3 Å². The standard InChI is InChI=1S/C15H19N5O3S/c1-8(24-15-19-12(16)7-13(17)20-15)14(21)18-9-4-10(22-2)6-11(5-9)23-3/h4-8H,1-3H3,(H,18,21)(H4,16,17,19,20)/t8-/m0/s1. The number of nitrogen functional groups attached to an aromatic ring is 2. The third kappa shape index (κ3) is 4.66. The minimum Gasteiger partial charge on any atom is -0.497 e. The highest BCUT2D eigenvalue weighted by Crippen LogP contribution is 2.27. The van der Waals surface area contributed by atoms with Crippen LogP contribution in [-0.4, -0.2) is 35.3 Å². The molecule has 2 rings (SSSR count). The number of hydrogen-bond acceptors (Lipinski definition) is 8. The number of anilines is 3. The summed E-state index contributed by atoms with van der Waals surface area (Å²) >= 11 is 1.16. The molecule has 0 saturated carbocycles. The summed E-state index contributed by atoms with van der Waals surface area (Å²) in [7, 11) is 3.08. The summed E-state index contributed by atoms with van der Waals surface area (Å²) in [5.41, 5.74) is 11.8. The van der Waals surface area contributed by atoms with Gasteiger partial charge in [0.1, 0.15) is 23.1 Å². The average Bonchev–Trinajstić information content (AvgIpc) is 2.53. The average molecular weight is 349 g/mol. The van der Waals surface area contributed by atoms with E-state index in [9.17, 15) is 4.79 Å². The van der Waals surface area contributed by atoms with Crippen LogP contribution in [0, 0.1) is 0 Å². The van der Waals surface area contributed by atoms with Crippen LogP contribution in [0.3, 0.4) is 0 Å². The van der Waals surface area contributed by atoms with Crippen LogP contribution in [-0.2, 0) is 4.79 Å². The van der Waals surface area contributed by atoms with Gasteiger partial charge in [-0.2, -0.15) is 0 Å². The molecule has 0 saturated heterocycles. The molecule has 0 aliphatic heterocycles. The van der Waals surface area contributed by atoms with Crippen molar-refractivity contribution in [1.29, 1.82) is 0 Å². The Balaban J connectivity index is 2.08. The van der Waals surface area contributed by atoms with Crippen molar-refractivity contribution in [3.8, 4) is 11.5 Å². The number of nitrogens with two attached hydrogens (primary N) is 2. The lowest BCUT2D eigenvalue weighted by atomic mass is 10.2. The summed E-state index contributed by atoms with van der Waals surface area (Å²) in [5.74, 6) is 1.46. The fraction of sp³-hybridized carbons (Fsp3) is 0.267. The molecule has 0 radical (unpaired) electrons. The second kappa shape index (κ2) is 7.73. The van der Waals surface area contributed by atoms with Crippen LogP contribution in [0.4, 0.5) is 17.3 Å². The number of thioether (sulfide) groups is 1. The summed E-state index contributed by atoms with van der Waals surface area (Å²) in [6, 6.07) is 6.58. The van der Waals surface area contributed by atoms with Crippen LogP contribution in [0.25, 0.3) is 0 Å². The third-order valence-electron chi connectivity index (χ3n) is 3.02. The van der Waals surface area contributed by atoms with Gasteiger partial charge >= 0.3 is 0 Å². The maximum absolute atomic E-state index is 12.4. The Morgan fingerprint density at radius 2 is 1.62 bits per heavy atom. The Kier molecular flexibility index (Phi) is 5.69. The maximum atomic E-state index is 12.4. The molecule has 0 aliphatic carbocycles. The van der Waals surface area contributed by atoms with E-state index in [1.807, 2.05) is 0 Å². The van der Waals surface area contributed by atoms with Gasteiger partial charge < -0.3 is 26.3 Å². The van der Waals surface area contributed by atoms with E-state index in [-0.39, 0.29) is 17.5 Å². The number of ether oxygens (including phenoxy) is 2. The molecular formula is C15H19N5O3S. The van der Waals surface area contributed by atoms with E-state index in [1.165, 1.54) is 6.07 Å². The first kappa shape index (κ1) is 17.7. The maximum Gasteiger partial charge on any atom is 0.237 e. The Bertz CT molecular complexity index is 699. The molecule has 0 spiro atoms. The van der Waals surface area contributed by atoms with Crippen molar-refractivity contribution in [3.63, 3.8) is 0 Å². The lowest BCUT2D eigenvalue weighted by Gasteiger charge is -2.13. The Labute approximate surface area is 143 Å². The number of nitrogens with zero attached hydrogens (tertiary/aromatic N) is 2. The summed E-state index contributed by atoms with van der Waals surface area (Å²) in [6.45, 7) is 1.74. The smallest absolute Gasteiger partial charge is 0.237 e. The number of benzene rings is 1. The molecule has 0 fully saturated rings. The van der Waals surface area contributed by atoms with E-state index >= 15 is 0 Å². The zero-order chi connectivity index (χ0) is 17.7. The molecule has 128 valence electrons. The van der Waals surface area contributed by atoms with Gasteiger partial charge in [0.05, 0.1) is 19.5 Å². The summed E-state index contributed by atoms with van der Waals surface area (Å²) < 4.78 is 10.4. The molecule has 8 nitrogen and oxygen atoms in total. The van der Waals surface area contributed by atoms with Crippen molar-refractivity contribution in [3.05, 3.63) is 24.3 Å². The topological polar surface area (TPSA) is 125 Å². The number of nitrogens with one attached hydrogen (secondary N) is 1. The van der Waals surface area contributed by atoms with Gasteiger partial charge in [-0.3, -0.25) is 4.79 Å². The Morgan fingerprint density at radius 3 is 2.12 bits per heavy atom. The van der Waals surface area contributed by atoms with Crippen molar-refractivity contribution in [2.45, 2.75) is 17.3 Å². The molecule has 1 heterocycles. The van der Waals surface area contributed by atoms with Crippen molar-refractivity contribution >= 4 is 35.0 Å². The zero-order valence-corrected chi connectivity index (χ0v) is 14.4. The molecule has 5 N–H and O–H groups in total. The van der Waals surface area contributed by atoms with Crippen molar-refractivity contribution in [2.75, 3.05) is 31.0 Å². The molecule has 1 atom stereocenters. The van der Waals surface area contributed by atoms with Crippen LogP contribution in [0.2, 0.25) is 0 Å². The SMILES string of the molecule is COc1cc(NC(=O)[C@H](C)Sc2nc(N)cc(N)n2)cc(OC)c1. The molecule has 2 aromatic rings. The van der Waals surface area contributed by atoms with Crippen LogP contribution in [0.1, 0.15) is 6.92 Å². The summed E-state index contributed by atoms with van der Waals surface area (Å²) in [6.07, 6.45) is 0. The third-order valence-corrected chi connectivity index (χ3v) is 3.98. The quantitative estimate of drug-likeness (QED) is 0.532. The minimum atomic E-state index is -0.455. The normalized spacial score (nSPS) is 11.6. The largest absolute Gasteiger partial charge is 0.497 e. The number of hydrogen-bond donors (Lipinski definition) is 3. The predicted molar refractivity (Wildman–Crippen MR) is 94.4 cm³/mol. The van der Waals surface area contributed by atoms with Crippen LogP contribution in [0.5, 0.6) is 11.5 Å². The van der Waals surface area contributed by atoms with Gasteiger partial charge in [0, 0.05) is 30.0 Å². The summed E-state index contributed by atoms with van der Waals surface area (Å²) in [5, 5.41) is 2.69. The van der Waals surface area contributed by atoms with Crippen molar-refractivity contribution in [2.24, 2.45) is 0 Å². The predicted octanol–water partition coefficient (Wildman–Crippen LogP) is 1.78. The van der Waals surface area contributed by atoms with Gasteiger partial charge in [0.25, 0.3) is 0 Å². The number of aromatic nitrogens is 2. The number of carbonyl (C=O) groups is 1. The van der Waals surface area contributed by atoms with E-state index < -0.39 is 5.25 Å². The van der Waals surface area contributed by atoms with E-state index in [0.717, 1.165) is 11.8 Å². The molecule has 0 aliphatic rings. The number of amides is 1. The lowest BCUT2D eigenvalue weighted by molar-refractivity contribution is -0.115. The van der Waals surface area contributed by atoms with Crippen LogP contribution in [0.15, 0.2) is 29.4 Å². The number of carbonyl (C=O) groups excluding carboxylic acids is 1. The van der Waals surface area contributed by atoms with E-state index in [1.54, 1.807) is 39.3 Å². The van der Waals surface area contributed by atoms with Gasteiger partial charge in [-0.15, -0.1) is 0 Å². The first-order valence-corrected chi connectivity index (χ1v) is 7.90. The molecule has 0 bridgehead atoms. The minimum absolute atomic E-state index is 0.222. The summed E-state index contributed by atoms with van der Waals surface area (Å²) in [4.78, 5) is 20.4. The first-order valence-electron chi connectivity index (χ1n) is 7.02. The Hall–Kier alpha value is -2.68. The van der Waals surface area contributed by atoms with Gasteiger partial charge in [0.2, 0.25) is 5.91 Å². The van der Waals surface area contributed by atoms with Gasteiger partial charge in [-0.05, 0) is 6.92 Å². The zero-order valence-electron chi connectivity index (χ0n) is 13.6. The van der Waals surface area contributed by atoms with E-state index in [2.05, 4.69) is 15.3 Å².